The Morgan fingerprint density at radius 1 is 1.21 bits per heavy atom. The van der Waals surface area contributed by atoms with Crippen LogP contribution in [0.5, 0.6) is 5.75 Å². The van der Waals surface area contributed by atoms with Crippen molar-refractivity contribution >= 4 is 34.8 Å². The van der Waals surface area contributed by atoms with Crippen LogP contribution in [-0.4, -0.2) is 20.7 Å². The van der Waals surface area contributed by atoms with E-state index < -0.39 is 0 Å². The second kappa shape index (κ2) is 7.33. The van der Waals surface area contributed by atoms with Gasteiger partial charge in [-0.15, -0.1) is 0 Å². The maximum atomic E-state index is 12.1. The summed E-state index contributed by atoms with van der Waals surface area (Å²) in [5, 5.41) is 7.60. The number of nitrogens with one attached hydrogen (secondary N) is 1. The van der Waals surface area contributed by atoms with Crippen molar-refractivity contribution in [2.75, 3.05) is 5.32 Å². The van der Waals surface area contributed by atoms with Gasteiger partial charge in [0.2, 0.25) is 0 Å². The second-order valence-corrected chi connectivity index (χ2v) is 5.55. The Bertz CT molecular complexity index is 852. The SMILES string of the molecule is O=C(Nc1cccnc1)c1ccn(COc2cccc(Cl)c2Cl)n1. The zero-order valence-electron chi connectivity index (χ0n) is 12.3. The van der Waals surface area contributed by atoms with Gasteiger partial charge in [-0.3, -0.25) is 9.78 Å². The number of halogens is 2. The minimum atomic E-state index is -0.331. The van der Waals surface area contributed by atoms with E-state index in [1.165, 1.54) is 4.68 Å². The molecule has 6 nitrogen and oxygen atoms in total. The van der Waals surface area contributed by atoms with Crippen molar-refractivity contribution < 1.29 is 9.53 Å². The number of pyridine rings is 1. The van der Waals surface area contributed by atoms with Gasteiger partial charge in [0.05, 0.1) is 16.9 Å². The smallest absolute Gasteiger partial charge is 0.276 e. The summed E-state index contributed by atoms with van der Waals surface area (Å²) in [6.45, 7) is 0.0975. The van der Waals surface area contributed by atoms with Crippen molar-refractivity contribution in [3.8, 4) is 5.75 Å². The zero-order chi connectivity index (χ0) is 16.9. The van der Waals surface area contributed by atoms with Gasteiger partial charge in [0.15, 0.2) is 12.4 Å². The largest absolute Gasteiger partial charge is 0.470 e. The van der Waals surface area contributed by atoms with E-state index in [0.717, 1.165) is 0 Å². The van der Waals surface area contributed by atoms with Crippen LogP contribution < -0.4 is 10.1 Å². The molecule has 24 heavy (non-hydrogen) atoms. The number of benzene rings is 1. The molecule has 122 valence electrons. The summed E-state index contributed by atoms with van der Waals surface area (Å²) in [6, 6.07) is 10.2. The number of amides is 1. The highest BCUT2D eigenvalue weighted by Crippen LogP contribution is 2.31. The quantitative estimate of drug-likeness (QED) is 0.747. The average molecular weight is 363 g/mol. The minimum Gasteiger partial charge on any atom is -0.470 e. The number of hydrogen-bond acceptors (Lipinski definition) is 4. The summed E-state index contributed by atoms with van der Waals surface area (Å²) in [5.41, 5.74) is 0.860. The third kappa shape index (κ3) is 3.84. The summed E-state index contributed by atoms with van der Waals surface area (Å²) < 4.78 is 7.04. The lowest BCUT2D eigenvalue weighted by atomic mass is 10.3. The van der Waals surface area contributed by atoms with Crippen LogP contribution in [0.15, 0.2) is 55.0 Å². The lowest BCUT2D eigenvalue weighted by molar-refractivity contribution is 0.102. The van der Waals surface area contributed by atoms with E-state index in [1.807, 2.05) is 0 Å². The molecule has 1 amide bonds. The Balaban J connectivity index is 1.63. The normalized spacial score (nSPS) is 10.4. The van der Waals surface area contributed by atoms with Crippen molar-refractivity contribution in [2.24, 2.45) is 0 Å². The fourth-order valence-electron chi connectivity index (χ4n) is 1.92. The van der Waals surface area contributed by atoms with Gasteiger partial charge < -0.3 is 10.1 Å². The first kappa shape index (κ1) is 16.3. The van der Waals surface area contributed by atoms with Gasteiger partial charge in [0.25, 0.3) is 5.91 Å². The van der Waals surface area contributed by atoms with Gasteiger partial charge in [0, 0.05) is 12.4 Å². The summed E-state index contributed by atoms with van der Waals surface area (Å²) in [7, 11) is 0. The second-order valence-electron chi connectivity index (χ2n) is 4.76. The molecular formula is C16H12Cl2N4O2. The lowest BCUT2D eigenvalue weighted by Crippen LogP contribution is -2.14. The maximum absolute atomic E-state index is 12.1. The number of anilines is 1. The van der Waals surface area contributed by atoms with Gasteiger partial charge in [-0.2, -0.15) is 5.10 Å². The maximum Gasteiger partial charge on any atom is 0.276 e. The van der Waals surface area contributed by atoms with Gasteiger partial charge in [-0.1, -0.05) is 29.3 Å². The number of hydrogen-bond donors (Lipinski definition) is 1. The fraction of sp³-hybridized carbons (Fsp3) is 0.0625. The number of nitrogens with zero attached hydrogens (tertiary/aromatic N) is 3. The number of rotatable bonds is 5. The third-order valence-corrected chi connectivity index (χ3v) is 3.86. The van der Waals surface area contributed by atoms with Gasteiger partial charge in [-0.05, 0) is 30.3 Å². The topological polar surface area (TPSA) is 69.0 Å². The van der Waals surface area contributed by atoms with Crippen molar-refractivity contribution in [1.29, 1.82) is 0 Å². The van der Waals surface area contributed by atoms with Crippen LogP contribution in [0, 0.1) is 0 Å². The number of ether oxygens (including phenoxy) is 1. The third-order valence-electron chi connectivity index (χ3n) is 3.06. The molecule has 8 heteroatoms. The zero-order valence-corrected chi connectivity index (χ0v) is 13.8. The van der Waals surface area contributed by atoms with E-state index in [1.54, 1.807) is 55.0 Å². The van der Waals surface area contributed by atoms with E-state index in [-0.39, 0.29) is 18.3 Å². The molecule has 0 fully saturated rings. The summed E-state index contributed by atoms with van der Waals surface area (Å²) in [6.07, 6.45) is 4.82. The first-order valence-electron chi connectivity index (χ1n) is 6.95. The molecular weight excluding hydrogens is 351 g/mol. The standard InChI is InChI=1S/C16H12Cl2N4O2/c17-12-4-1-5-14(15(12)18)24-10-22-8-6-13(21-22)16(23)20-11-3-2-7-19-9-11/h1-9H,10H2,(H,20,23). The summed E-state index contributed by atoms with van der Waals surface area (Å²) in [4.78, 5) is 16.0. The molecule has 2 heterocycles. The molecule has 0 bridgehead atoms. The van der Waals surface area contributed by atoms with E-state index >= 15 is 0 Å². The first-order chi connectivity index (χ1) is 11.6. The molecule has 0 radical (unpaired) electrons. The van der Waals surface area contributed by atoms with Crippen molar-refractivity contribution in [2.45, 2.75) is 6.73 Å². The van der Waals surface area contributed by atoms with E-state index in [2.05, 4.69) is 15.4 Å². The molecule has 0 spiro atoms. The van der Waals surface area contributed by atoms with Crippen LogP contribution >= 0.6 is 23.2 Å². The lowest BCUT2D eigenvalue weighted by Gasteiger charge is -2.08. The van der Waals surface area contributed by atoms with Crippen molar-refractivity contribution in [1.82, 2.24) is 14.8 Å². The van der Waals surface area contributed by atoms with Crippen LogP contribution in [-0.2, 0) is 6.73 Å². The Morgan fingerprint density at radius 3 is 2.88 bits per heavy atom. The Morgan fingerprint density at radius 2 is 2.08 bits per heavy atom. The Kier molecular flexibility index (Phi) is 4.98. The monoisotopic (exact) mass is 362 g/mol. The molecule has 0 aliphatic carbocycles. The Labute approximate surface area is 148 Å². The molecule has 1 N–H and O–H groups in total. The highest BCUT2D eigenvalue weighted by Gasteiger charge is 2.11. The predicted octanol–water partition coefficient (Wildman–Crippen LogP) is 3.87. The van der Waals surface area contributed by atoms with E-state index in [0.29, 0.717) is 21.5 Å². The first-order valence-corrected chi connectivity index (χ1v) is 7.71. The molecule has 1 aromatic carbocycles. The van der Waals surface area contributed by atoms with Gasteiger partial charge in [0.1, 0.15) is 10.8 Å². The van der Waals surface area contributed by atoms with E-state index in [9.17, 15) is 4.79 Å². The summed E-state index contributed by atoms with van der Waals surface area (Å²) in [5.74, 6) is 0.114. The van der Waals surface area contributed by atoms with Crippen molar-refractivity contribution in [3.63, 3.8) is 0 Å². The minimum absolute atomic E-state index is 0.0975. The Hall–Kier alpha value is -2.57. The molecule has 0 atom stereocenters. The molecule has 0 unspecified atom stereocenters. The number of carbonyl (C=O) groups excluding carboxylic acids is 1. The van der Waals surface area contributed by atoms with Crippen LogP contribution in [0.2, 0.25) is 10.0 Å². The molecule has 0 aliphatic heterocycles. The fourth-order valence-corrected chi connectivity index (χ4v) is 2.26. The predicted molar refractivity (Wildman–Crippen MR) is 91.5 cm³/mol. The van der Waals surface area contributed by atoms with E-state index in [4.69, 9.17) is 27.9 Å². The van der Waals surface area contributed by atoms with Crippen molar-refractivity contribution in [3.05, 3.63) is 70.7 Å². The van der Waals surface area contributed by atoms with Crippen LogP contribution in [0.4, 0.5) is 5.69 Å². The molecule has 0 saturated heterocycles. The molecule has 3 rings (SSSR count). The van der Waals surface area contributed by atoms with Crippen LogP contribution in [0.1, 0.15) is 10.5 Å². The van der Waals surface area contributed by atoms with Gasteiger partial charge in [-0.25, -0.2) is 4.68 Å². The highest BCUT2D eigenvalue weighted by atomic mass is 35.5. The van der Waals surface area contributed by atoms with Crippen LogP contribution in [0.3, 0.4) is 0 Å². The van der Waals surface area contributed by atoms with Crippen LogP contribution in [0.25, 0.3) is 0 Å². The number of carbonyl (C=O) groups is 1. The summed E-state index contributed by atoms with van der Waals surface area (Å²) >= 11 is 12.0. The molecule has 0 saturated carbocycles. The highest BCUT2D eigenvalue weighted by molar-refractivity contribution is 6.42. The number of aromatic nitrogens is 3. The average Bonchev–Trinajstić information content (AvgIpc) is 3.06. The molecule has 0 aliphatic rings. The molecule has 2 aromatic heterocycles. The van der Waals surface area contributed by atoms with Gasteiger partial charge >= 0.3 is 0 Å². The molecule has 3 aromatic rings.